The van der Waals surface area contributed by atoms with Crippen molar-refractivity contribution in [3.63, 3.8) is 0 Å². The Kier molecular flexibility index (Phi) is 2.90. The number of nitrogens with zero attached hydrogens (tertiary/aromatic N) is 1. The van der Waals surface area contributed by atoms with Crippen LogP contribution >= 0.6 is 0 Å². The summed E-state index contributed by atoms with van der Waals surface area (Å²) in [5.41, 5.74) is -0.737. The first-order valence-electron chi connectivity index (χ1n) is 4.78. The molecule has 2 N–H and O–H groups in total. The molecule has 1 aliphatic rings. The van der Waals surface area contributed by atoms with Crippen LogP contribution in [0.3, 0.4) is 0 Å². The summed E-state index contributed by atoms with van der Waals surface area (Å²) in [5.74, 6) is -0.844. The monoisotopic (exact) mass is 229 g/mol. The zero-order valence-corrected chi connectivity index (χ0v) is 8.28. The van der Waals surface area contributed by atoms with Gasteiger partial charge in [0.15, 0.2) is 0 Å². The summed E-state index contributed by atoms with van der Waals surface area (Å²) in [5, 5.41) is 18.3. The van der Waals surface area contributed by atoms with E-state index in [9.17, 15) is 14.7 Å². The van der Waals surface area contributed by atoms with E-state index in [0.717, 1.165) is 10.6 Å². The van der Waals surface area contributed by atoms with Gasteiger partial charge in [-0.05, 0) is 0 Å². The van der Waals surface area contributed by atoms with Crippen LogP contribution in [0, 0.1) is 0 Å². The molecule has 1 aromatic heterocycles. The van der Waals surface area contributed by atoms with E-state index in [1.165, 1.54) is 6.20 Å². The average molecular weight is 229 g/mol. The Hall–Kier alpha value is -1.44. The quantitative estimate of drug-likeness (QED) is 0.636. The van der Waals surface area contributed by atoms with Gasteiger partial charge >= 0.3 is 11.4 Å². The summed E-state index contributed by atoms with van der Waals surface area (Å²) >= 11 is 0. The van der Waals surface area contributed by atoms with Crippen LogP contribution < -0.4 is 11.4 Å². The third-order valence-corrected chi connectivity index (χ3v) is 2.46. The number of hydrogen-bond acceptors (Lipinski definition) is 6. The lowest BCUT2D eigenvalue weighted by Crippen LogP contribution is -2.27. The van der Waals surface area contributed by atoms with Gasteiger partial charge in [0.05, 0.1) is 12.7 Å². The third-order valence-electron chi connectivity index (χ3n) is 2.46. The first-order valence-corrected chi connectivity index (χ1v) is 4.78. The minimum Gasteiger partial charge on any atom is -0.394 e. The first kappa shape index (κ1) is 11.1. The second-order valence-electron chi connectivity index (χ2n) is 3.52. The Labute approximate surface area is 89.5 Å². The maximum Gasteiger partial charge on any atom is 0.423 e. The number of aliphatic hydroxyl groups excluding tert-OH is 2. The van der Waals surface area contributed by atoms with Crippen molar-refractivity contribution in [2.45, 2.75) is 24.9 Å². The lowest BCUT2D eigenvalue weighted by Gasteiger charge is -2.12. The van der Waals surface area contributed by atoms with Crippen molar-refractivity contribution >= 4 is 0 Å². The lowest BCUT2D eigenvalue weighted by molar-refractivity contribution is -0.0478. The smallest absolute Gasteiger partial charge is 0.394 e. The third kappa shape index (κ3) is 1.92. The zero-order valence-electron chi connectivity index (χ0n) is 8.28. The maximum absolute atomic E-state index is 11.3. The molecule has 0 saturated carbocycles. The van der Waals surface area contributed by atoms with Crippen LogP contribution in [0.25, 0.3) is 0 Å². The molecule has 1 fully saturated rings. The van der Waals surface area contributed by atoms with Gasteiger partial charge in [-0.1, -0.05) is 0 Å². The minimum atomic E-state index is -0.844. The number of ether oxygens (including phenoxy) is 1. The van der Waals surface area contributed by atoms with Crippen molar-refractivity contribution in [1.29, 1.82) is 0 Å². The van der Waals surface area contributed by atoms with Gasteiger partial charge in [0.25, 0.3) is 0 Å². The van der Waals surface area contributed by atoms with Gasteiger partial charge in [-0.25, -0.2) is 9.59 Å². The number of hydrogen-bond donors (Lipinski definition) is 2. The molecule has 7 heteroatoms. The topological polar surface area (TPSA) is 102 Å². The average Bonchev–Trinajstić information content (AvgIpc) is 2.59. The van der Waals surface area contributed by atoms with Crippen molar-refractivity contribution in [1.82, 2.24) is 4.57 Å². The minimum absolute atomic E-state index is 0.166. The van der Waals surface area contributed by atoms with Crippen LogP contribution in [-0.4, -0.2) is 33.6 Å². The van der Waals surface area contributed by atoms with Crippen LogP contribution in [0.15, 0.2) is 26.3 Å². The fourth-order valence-electron chi connectivity index (χ4n) is 1.64. The van der Waals surface area contributed by atoms with Gasteiger partial charge in [0, 0.05) is 18.7 Å². The summed E-state index contributed by atoms with van der Waals surface area (Å²) in [6.45, 7) is -0.330. The van der Waals surface area contributed by atoms with Gasteiger partial charge in [-0.3, -0.25) is 4.57 Å². The summed E-state index contributed by atoms with van der Waals surface area (Å²) in [4.78, 5) is 22.0. The number of aliphatic hydroxyl groups is 2. The number of aromatic nitrogens is 1. The highest BCUT2D eigenvalue weighted by atomic mass is 16.5. The van der Waals surface area contributed by atoms with E-state index in [1.54, 1.807) is 0 Å². The molecule has 0 aromatic carbocycles. The largest absolute Gasteiger partial charge is 0.423 e. The second kappa shape index (κ2) is 4.20. The molecule has 7 nitrogen and oxygen atoms in total. The van der Waals surface area contributed by atoms with Gasteiger partial charge < -0.3 is 19.4 Å². The summed E-state index contributed by atoms with van der Waals surface area (Å²) in [7, 11) is 0. The summed E-state index contributed by atoms with van der Waals surface area (Å²) < 4.78 is 10.7. The van der Waals surface area contributed by atoms with Crippen molar-refractivity contribution in [3.05, 3.63) is 33.2 Å². The first-order chi connectivity index (χ1) is 7.61. The SMILES string of the molecule is O=c1ccn(C2CC(O)C(CO)O2)c(=O)o1. The summed E-state index contributed by atoms with van der Waals surface area (Å²) in [6, 6.07) is 1.09. The van der Waals surface area contributed by atoms with Crippen LogP contribution in [-0.2, 0) is 4.74 Å². The lowest BCUT2D eigenvalue weighted by atomic mass is 10.2. The fraction of sp³-hybridized carbons (Fsp3) is 0.556. The van der Waals surface area contributed by atoms with Crippen LogP contribution in [0.4, 0.5) is 0 Å². The molecule has 0 amide bonds. The molecule has 2 rings (SSSR count). The molecule has 0 spiro atoms. The van der Waals surface area contributed by atoms with Crippen LogP contribution in [0.5, 0.6) is 0 Å². The highest BCUT2D eigenvalue weighted by Crippen LogP contribution is 2.26. The summed E-state index contributed by atoms with van der Waals surface area (Å²) in [6.07, 6.45) is -0.869. The Bertz CT molecular complexity index is 477. The molecule has 1 saturated heterocycles. The molecule has 0 bridgehead atoms. The second-order valence-corrected chi connectivity index (χ2v) is 3.52. The van der Waals surface area contributed by atoms with Gasteiger partial charge in [0.2, 0.25) is 0 Å². The highest BCUT2D eigenvalue weighted by Gasteiger charge is 2.35. The molecule has 0 radical (unpaired) electrons. The standard InChI is InChI=1S/C9H11NO6/c11-4-6-5(12)3-7(15-6)10-2-1-8(13)16-9(10)14/h1-2,5-7,11-12H,3-4H2. The van der Waals surface area contributed by atoms with E-state index in [4.69, 9.17) is 9.84 Å². The molecular weight excluding hydrogens is 218 g/mol. The molecule has 3 atom stereocenters. The van der Waals surface area contributed by atoms with E-state index in [2.05, 4.69) is 4.42 Å². The molecule has 88 valence electrons. The maximum atomic E-state index is 11.3. The van der Waals surface area contributed by atoms with Gasteiger partial charge in [-0.2, -0.15) is 0 Å². The van der Waals surface area contributed by atoms with Crippen molar-refractivity contribution < 1.29 is 19.4 Å². The van der Waals surface area contributed by atoms with Crippen molar-refractivity contribution in [2.24, 2.45) is 0 Å². The Morgan fingerprint density at radius 3 is 2.81 bits per heavy atom. The molecule has 3 unspecified atom stereocenters. The Balaban J connectivity index is 2.27. The van der Waals surface area contributed by atoms with E-state index in [1.807, 2.05) is 0 Å². The Morgan fingerprint density at radius 2 is 2.25 bits per heavy atom. The molecule has 1 aromatic rings. The normalized spacial score (nSPS) is 29.5. The molecule has 2 heterocycles. The molecule has 1 aliphatic heterocycles. The molecule has 16 heavy (non-hydrogen) atoms. The zero-order chi connectivity index (χ0) is 11.7. The van der Waals surface area contributed by atoms with E-state index in [-0.39, 0.29) is 13.0 Å². The van der Waals surface area contributed by atoms with Crippen LogP contribution in [0.2, 0.25) is 0 Å². The van der Waals surface area contributed by atoms with Crippen molar-refractivity contribution in [2.75, 3.05) is 6.61 Å². The number of rotatable bonds is 2. The Morgan fingerprint density at radius 1 is 1.50 bits per heavy atom. The predicted octanol–water partition coefficient (Wildman–Crippen LogP) is -1.56. The fourth-order valence-corrected chi connectivity index (χ4v) is 1.64. The van der Waals surface area contributed by atoms with Crippen LogP contribution in [0.1, 0.15) is 12.6 Å². The van der Waals surface area contributed by atoms with E-state index in [0.29, 0.717) is 0 Å². The van der Waals surface area contributed by atoms with Gasteiger partial charge in [-0.15, -0.1) is 0 Å². The predicted molar refractivity (Wildman–Crippen MR) is 50.9 cm³/mol. The van der Waals surface area contributed by atoms with Gasteiger partial charge in [0.1, 0.15) is 12.3 Å². The molecule has 0 aliphatic carbocycles. The highest BCUT2D eigenvalue weighted by molar-refractivity contribution is 4.85. The van der Waals surface area contributed by atoms with E-state index < -0.39 is 29.8 Å². The van der Waals surface area contributed by atoms with Crippen molar-refractivity contribution in [3.8, 4) is 0 Å². The van der Waals surface area contributed by atoms with E-state index >= 15 is 0 Å². The molecular formula is C9H11NO6.